The van der Waals surface area contributed by atoms with Crippen molar-refractivity contribution < 1.29 is 4.79 Å². The number of hydrogen-bond acceptors (Lipinski definition) is 2. The molecule has 0 fully saturated rings. The van der Waals surface area contributed by atoms with Gasteiger partial charge in [-0.3, -0.25) is 4.79 Å². The maximum absolute atomic E-state index is 11.9. The van der Waals surface area contributed by atoms with E-state index in [0.29, 0.717) is 21.2 Å². The van der Waals surface area contributed by atoms with Crippen LogP contribution in [0.25, 0.3) is 0 Å². The Balaban J connectivity index is 2.05. The molecule has 5 heteroatoms. The smallest absolute Gasteiger partial charge is 0.267 e. The summed E-state index contributed by atoms with van der Waals surface area (Å²) in [5, 5.41) is 4.85. The molecule has 0 atom stereocenters. The third kappa shape index (κ3) is 4.06. The van der Waals surface area contributed by atoms with Crippen LogP contribution in [0.15, 0.2) is 47.6 Å². The molecule has 0 radical (unpaired) electrons. The van der Waals surface area contributed by atoms with Gasteiger partial charge < -0.3 is 0 Å². The molecule has 0 aliphatic carbocycles. The number of nitrogens with zero attached hydrogens (tertiary/aromatic N) is 1. The summed E-state index contributed by atoms with van der Waals surface area (Å²) < 4.78 is 0. The molecule has 0 spiro atoms. The molecular weight excluding hydrogens is 307 g/mol. The highest BCUT2D eigenvalue weighted by Gasteiger charge is 2.05. The van der Waals surface area contributed by atoms with Crippen LogP contribution in [0.4, 0.5) is 0 Å². The van der Waals surface area contributed by atoms with E-state index in [4.69, 9.17) is 23.2 Å². The van der Waals surface area contributed by atoms with E-state index in [1.807, 2.05) is 12.1 Å². The fourth-order valence-electron chi connectivity index (χ4n) is 1.75. The zero-order chi connectivity index (χ0) is 15.2. The van der Waals surface area contributed by atoms with Crippen LogP contribution in [-0.2, 0) is 6.42 Å². The second-order valence-corrected chi connectivity index (χ2v) is 5.20. The number of benzene rings is 2. The van der Waals surface area contributed by atoms with E-state index in [2.05, 4.69) is 17.5 Å². The minimum absolute atomic E-state index is 0.280. The molecule has 3 nitrogen and oxygen atoms in total. The van der Waals surface area contributed by atoms with Gasteiger partial charge in [-0.05, 0) is 36.2 Å². The Morgan fingerprint density at radius 3 is 2.33 bits per heavy atom. The SMILES string of the molecule is CCc1ccc(C(=O)N/N=C\c2c(Cl)cccc2Cl)cc1. The van der Waals surface area contributed by atoms with Crippen molar-refractivity contribution in [3.63, 3.8) is 0 Å². The summed E-state index contributed by atoms with van der Waals surface area (Å²) in [6.07, 6.45) is 2.37. The van der Waals surface area contributed by atoms with Gasteiger partial charge in [0.05, 0.1) is 16.3 Å². The second kappa shape index (κ2) is 7.25. The van der Waals surface area contributed by atoms with Gasteiger partial charge in [0.15, 0.2) is 0 Å². The van der Waals surface area contributed by atoms with E-state index in [-0.39, 0.29) is 5.91 Å². The van der Waals surface area contributed by atoms with E-state index in [9.17, 15) is 4.79 Å². The highest BCUT2D eigenvalue weighted by molar-refractivity contribution is 6.38. The number of aryl methyl sites for hydroxylation is 1. The Labute approximate surface area is 133 Å². The summed E-state index contributed by atoms with van der Waals surface area (Å²) in [4.78, 5) is 11.9. The molecule has 0 heterocycles. The van der Waals surface area contributed by atoms with Crippen LogP contribution in [0.3, 0.4) is 0 Å². The first-order chi connectivity index (χ1) is 10.1. The Bertz CT molecular complexity index is 646. The van der Waals surface area contributed by atoms with Crippen LogP contribution in [0.1, 0.15) is 28.4 Å². The number of hydrazone groups is 1. The molecule has 0 saturated heterocycles. The van der Waals surface area contributed by atoms with Gasteiger partial charge in [0.2, 0.25) is 0 Å². The van der Waals surface area contributed by atoms with Crippen molar-refractivity contribution >= 4 is 35.3 Å². The van der Waals surface area contributed by atoms with Crippen LogP contribution in [0, 0.1) is 0 Å². The lowest BCUT2D eigenvalue weighted by Crippen LogP contribution is -2.17. The second-order valence-electron chi connectivity index (χ2n) is 4.38. The average Bonchev–Trinajstić information content (AvgIpc) is 2.50. The predicted molar refractivity (Wildman–Crippen MR) is 87.3 cm³/mol. The quantitative estimate of drug-likeness (QED) is 0.661. The molecule has 0 aliphatic heterocycles. The first-order valence-electron chi connectivity index (χ1n) is 6.48. The van der Waals surface area contributed by atoms with Crippen molar-refractivity contribution in [2.75, 3.05) is 0 Å². The summed E-state index contributed by atoms with van der Waals surface area (Å²) in [6.45, 7) is 2.06. The largest absolute Gasteiger partial charge is 0.271 e. The van der Waals surface area contributed by atoms with Crippen molar-refractivity contribution in [2.24, 2.45) is 5.10 Å². The zero-order valence-electron chi connectivity index (χ0n) is 11.4. The molecule has 21 heavy (non-hydrogen) atoms. The monoisotopic (exact) mass is 320 g/mol. The molecule has 0 aromatic heterocycles. The number of carbonyl (C=O) groups is 1. The normalized spacial score (nSPS) is 10.8. The third-order valence-corrected chi connectivity index (χ3v) is 3.64. The standard InChI is InChI=1S/C16H14Cl2N2O/c1-2-11-6-8-12(9-7-11)16(21)20-19-10-13-14(17)4-3-5-15(13)18/h3-10H,2H2,1H3,(H,20,21)/b19-10-. The minimum atomic E-state index is -0.280. The van der Waals surface area contributed by atoms with Gasteiger partial charge in [-0.15, -0.1) is 0 Å². The number of hydrogen-bond donors (Lipinski definition) is 1. The molecule has 0 aliphatic rings. The van der Waals surface area contributed by atoms with Gasteiger partial charge in [-0.1, -0.05) is 48.3 Å². The molecule has 1 amide bonds. The molecule has 108 valence electrons. The highest BCUT2D eigenvalue weighted by atomic mass is 35.5. The lowest BCUT2D eigenvalue weighted by atomic mass is 10.1. The first kappa shape index (κ1) is 15.5. The molecule has 1 N–H and O–H groups in total. The summed E-state index contributed by atoms with van der Waals surface area (Å²) in [6, 6.07) is 12.5. The van der Waals surface area contributed by atoms with Gasteiger partial charge >= 0.3 is 0 Å². The van der Waals surface area contributed by atoms with E-state index in [1.54, 1.807) is 30.3 Å². The van der Waals surface area contributed by atoms with Gasteiger partial charge in [-0.25, -0.2) is 5.43 Å². The van der Waals surface area contributed by atoms with E-state index in [0.717, 1.165) is 6.42 Å². The summed E-state index contributed by atoms with van der Waals surface area (Å²) in [5.74, 6) is -0.280. The number of rotatable bonds is 4. The summed E-state index contributed by atoms with van der Waals surface area (Å²) in [5.41, 5.74) is 4.75. The number of nitrogens with one attached hydrogen (secondary N) is 1. The van der Waals surface area contributed by atoms with Crippen LogP contribution in [-0.4, -0.2) is 12.1 Å². The number of halogens is 2. The van der Waals surface area contributed by atoms with Crippen molar-refractivity contribution in [3.8, 4) is 0 Å². The van der Waals surface area contributed by atoms with E-state index < -0.39 is 0 Å². The van der Waals surface area contributed by atoms with E-state index in [1.165, 1.54) is 11.8 Å². The zero-order valence-corrected chi connectivity index (χ0v) is 12.9. The molecule has 2 rings (SSSR count). The summed E-state index contributed by atoms with van der Waals surface area (Å²) >= 11 is 12.0. The maximum atomic E-state index is 11.9. The molecule has 0 unspecified atom stereocenters. The van der Waals surface area contributed by atoms with Crippen molar-refractivity contribution in [2.45, 2.75) is 13.3 Å². The molecule has 0 saturated carbocycles. The van der Waals surface area contributed by atoms with Crippen LogP contribution < -0.4 is 5.43 Å². The van der Waals surface area contributed by atoms with Crippen LogP contribution in [0.5, 0.6) is 0 Å². The van der Waals surface area contributed by atoms with Gasteiger partial charge in [0.1, 0.15) is 0 Å². The van der Waals surface area contributed by atoms with Gasteiger partial charge in [-0.2, -0.15) is 5.10 Å². The number of carbonyl (C=O) groups excluding carboxylic acids is 1. The lowest BCUT2D eigenvalue weighted by molar-refractivity contribution is 0.0955. The van der Waals surface area contributed by atoms with Crippen LogP contribution in [0.2, 0.25) is 10.0 Å². The number of amides is 1. The van der Waals surface area contributed by atoms with Gasteiger partial charge in [0.25, 0.3) is 5.91 Å². The first-order valence-corrected chi connectivity index (χ1v) is 7.23. The Morgan fingerprint density at radius 2 is 1.76 bits per heavy atom. The fourth-order valence-corrected chi connectivity index (χ4v) is 2.24. The fraction of sp³-hybridized carbons (Fsp3) is 0.125. The van der Waals surface area contributed by atoms with Gasteiger partial charge in [0, 0.05) is 11.1 Å². The van der Waals surface area contributed by atoms with Crippen molar-refractivity contribution in [1.29, 1.82) is 0 Å². The Hall–Kier alpha value is -1.84. The third-order valence-electron chi connectivity index (χ3n) is 2.98. The molecule has 2 aromatic rings. The minimum Gasteiger partial charge on any atom is -0.267 e. The molecule has 0 bridgehead atoms. The van der Waals surface area contributed by atoms with Crippen LogP contribution >= 0.6 is 23.2 Å². The maximum Gasteiger partial charge on any atom is 0.271 e. The molecular formula is C16H14Cl2N2O. The van der Waals surface area contributed by atoms with Crippen molar-refractivity contribution in [3.05, 3.63) is 69.2 Å². The highest BCUT2D eigenvalue weighted by Crippen LogP contribution is 2.21. The Kier molecular flexibility index (Phi) is 5.37. The topological polar surface area (TPSA) is 41.5 Å². The average molecular weight is 321 g/mol. The lowest BCUT2D eigenvalue weighted by Gasteiger charge is -2.02. The summed E-state index contributed by atoms with van der Waals surface area (Å²) in [7, 11) is 0. The van der Waals surface area contributed by atoms with Crippen molar-refractivity contribution in [1.82, 2.24) is 5.43 Å². The van der Waals surface area contributed by atoms with E-state index >= 15 is 0 Å². The predicted octanol–water partition coefficient (Wildman–Crippen LogP) is 4.32. The molecule has 2 aromatic carbocycles. The Morgan fingerprint density at radius 1 is 1.14 bits per heavy atom.